The molecule has 0 spiro atoms. The van der Waals surface area contributed by atoms with Crippen LogP contribution >= 0.6 is 10.3 Å². The fourth-order valence-electron chi connectivity index (χ4n) is 4.54. The van der Waals surface area contributed by atoms with Crippen LogP contribution in [0.3, 0.4) is 0 Å². The molecule has 268 valence electrons. The van der Waals surface area contributed by atoms with Crippen molar-refractivity contribution in [2.45, 2.75) is 133 Å². The number of benzene rings is 3. The zero-order chi connectivity index (χ0) is 36.7. The molecule has 0 aliphatic rings. The average molecular weight is 715 g/mol. The van der Waals surface area contributed by atoms with Crippen LogP contribution < -0.4 is 18.9 Å². The lowest BCUT2D eigenvalue weighted by atomic mass is 10.1. The maximum Gasteiger partial charge on any atom is 0.524 e. The van der Waals surface area contributed by atoms with Gasteiger partial charge in [0.25, 0.3) is 0 Å². The third-order valence-electron chi connectivity index (χ3n) is 6.04. The SMILES string of the molecule is Cc1ccccc1S(OS(=O)(=O)C(F)(F)F)(c1ccc(OC(C)(C)C)c(OC(C)(C)C)c1)c1ccc(OC(C)(C)C)c(OC(C)(C)C)c1. The van der Waals surface area contributed by atoms with Gasteiger partial charge < -0.3 is 18.9 Å². The van der Waals surface area contributed by atoms with E-state index < -0.39 is 48.3 Å². The number of aryl methyl sites for hydroxylation is 1. The molecule has 7 nitrogen and oxygen atoms in total. The van der Waals surface area contributed by atoms with Gasteiger partial charge in [-0.15, -0.1) is 0 Å². The van der Waals surface area contributed by atoms with Gasteiger partial charge >= 0.3 is 15.6 Å². The molecular weight excluding hydrogens is 666 g/mol. The molecule has 48 heavy (non-hydrogen) atoms. The Labute approximate surface area is 285 Å². The summed E-state index contributed by atoms with van der Waals surface area (Å²) in [6.45, 7) is 23.7. The highest BCUT2D eigenvalue weighted by Gasteiger charge is 2.53. The smallest absolute Gasteiger partial charge is 0.484 e. The van der Waals surface area contributed by atoms with Crippen molar-refractivity contribution in [3.8, 4) is 23.0 Å². The zero-order valence-corrected chi connectivity index (χ0v) is 31.7. The summed E-state index contributed by atoms with van der Waals surface area (Å²) >= 11 is 0. The molecule has 0 bridgehead atoms. The molecule has 0 unspecified atom stereocenters. The second-order valence-electron chi connectivity index (χ2n) is 15.4. The minimum Gasteiger partial charge on any atom is -0.484 e. The lowest BCUT2D eigenvalue weighted by Gasteiger charge is -2.41. The summed E-state index contributed by atoms with van der Waals surface area (Å²) in [6, 6.07) is 15.8. The van der Waals surface area contributed by atoms with E-state index in [2.05, 4.69) is 0 Å². The molecule has 0 fully saturated rings. The Morgan fingerprint density at radius 3 is 1.21 bits per heavy atom. The molecule has 0 aliphatic heterocycles. The van der Waals surface area contributed by atoms with Crippen LogP contribution in [0.2, 0.25) is 0 Å². The normalized spacial score (nSPS) is 14.0. The standard InChI is InChI=1S/C36H49F3O7S2/c1-24-16-14-15-17-31(24)47(46-48(40,41)36(37,38)39,25-18-20-27(42-32(2,3)4)29(22-25)44-34(8,9)10)26-19-21-28(43-33(5,6)7)30(23-26)45-35(11,12)13/h14-23H,1-13H3. The number of ether oxygens (including phenoxy) is 4. The van der Waals surface area contributed by atoms with Crippen molar-refractivity contribution >= 4 is 20.4 Å². The van der Waals surface area contributed by atoms with Crippen molar-refractivity contribution in [1.82, 2.24) is 0 Å². The van der Waals surface area contributed by atoms with Gasteiger partial charge in [0.05, 0.1) is 0 Å². The first kappa shape index (κ1) is 39.3. The van der Waals surface area contributed by atoms with Gasteiger partial charge in [-0.05, 0) is 148 Å². The topological polar surface area (TPSA) is 80.3 Å². The second kappa shape index (κ2) is 13.3. The minimum atomic E-state index is -6.20. The van der Waals surface area contributed by atoms with Crippen LogP contribution in [0.1, 0.15) is 88.6 Å². The molecule has 0 amide bonds. The van der Waals surface area contributed by atoms with E-state index in [1.807, 2.05) is 83.1 Å². The van der Waals surface area contributed by atoms with Gasteiger partial charge in [-0.3, -0.25) is 0 Å². The number of hydrogen-bond donors (Lipinski definition) is 0. The fourth-order valence-corrected chi connectivity index (χ4v) is 9.48. The van der Waals surface area contributed by atoms with Gasteiger partial charge in [-0.2, -0.15) is 25.2 Å². The molecular formula is C36H49F3O7S2. The summed E-state index contributed by atoms with van der Waals surface area (Å²) in [4.78, 5) is 0.475. The number of alkyl halides is 3. The molecule has 0 saturated carbocycles. The van der Waals surface area contributed by atoms with E-state index in [9.17, 15) is 21.6 Å². The van der Waals surface area contributed by atoms with Crippen molar-refractivity contribution < 1.29 is 44.2 Å². The van der Waals surface area contributed by atoms with Crippen molar-refractivity contribution in [2.75, 3.05) is 0 Å². The first-order valence-electron chi connectivity index (χ1n) is 15.5. The Morgan fingerprint density at radius 1 is 0.521 bits per heavy atom. The molecule has 3 aromatic rings. The predicted molar refractivity (Wildman–Crippen MR) is 184 cm³/mol. The maximum absolute atomic E-state index is 14.3. The lowest BCUT2D eigenvalue weighted by Crippen LogP contribution is -2.29. The fraction of sp³-hybridized carbons (Fsp3) is 0.500. The van der Waals surface area contributed by atoms with E-state index in [4.69, 9.17) is 22.6 Å². The van der Waals surface area contributed by atoms with Crippen LogP contribution in [0.5, 0.6) is 23.0 Å². The van der Waals surface area contributed by atoms with Gasteiger partial charge in [0, 0.05) is 14.7 Å². The molecule has 0 radical (unpaired) electrons. The summed E-state index contributed by atoms with van der Waals surface area (Å²) in [6.07, 6.45) is 0. The van der Waals surface area contributed by atoms with Gasteiger partial charge in [0.15, 0.2) is 23.0 Å². The van der Waals surface area contributed by atoms with Crippen LogP contribution in [-0.4, -0.2) is 36.3 Å². The Balaban J connectivity index is 2.60. The van der Waals surface area contributed by atoms with Gasteiger partial charge in [-0.25, -0.2) is 0 Å². The van der Waals surface area contributed by atoms with Gasteiger partial charge in [-0.1, -0.05) is 18.2 Å². The summed E-state index contributed by atoms with van der Waals surface area (Å²) in [7, 11) is -9.96. The summed E-state index contributed by atoms with van der Waals surface area (Å²) < 4.78 is 99.9. The van der Waals surface area contributed by atoms with Gasteiger partial charge in [0.2, 0.25) is 0 Å². The predicted octanol–water partition coefficient (Wildman–Crippen LogP) is 10.8. The van der Waals surface area contributed by atoms with E-state index >= 15 is 0 Å². The highest BCUT2D eigenvalue weighted by Crippen LogP contribution is 2.72. The second-order valence-corrected chi connectivity index (χ2v) is 19.8. The third-order valence-corrected chi connectivity index (χ3v) is 11.1. The largest absolute Gasteiger partial charge is 0.524 e. The van der Waals surface area contributed by atoms with Crippen LogP contribution in [0.25, 0.3) is 0 Å². The first-order valence-corrected chi connectivity index (χ1v) is 18.5. The molecule has 12 heteroatoms. The Kier molecular flexibility index (Phi) is 10.9. The molecule has 0 N–H and O–H groups in total. The quantitative estimate of drug-likeness (QED) is 0.204. The zero-order valence-electron chi connectivity index (χ0n) is 30.1. The maximum atomic E-state index is 14.3. The van der Waals surface area contributed by atoms with E-state index in [1.54, 1.807) is 43.3 Å². The monoisotopic (exact) mass is 714 g/mol. The Bertz CT molecular complexity index is 1630. The third kappa shape index (κ3) is 9.98. The molecule has 3 aromatic carbocycles. The summed E-state index contributed by atoms with van der Waals surface area (Å²) in [5.41, 5.74) is -8.05. The first-order chi connectivity index (χ1) is 21.5. The van der Waals surface area contributed by atoms with Crippen molar-refractivity contribution in [2.24, 2.45) is 0 Å². The van der Waals surface area contributed by atoms with E-state index in [0.29, 0.717) is 17.1 Å². The summed E-state index contributed by atoms with van der Waals surface area (Å²) in [5.74, 6) is 1.05. The molecule has 0 heterocycles. The van der Waals surface area contributed by atoms with Crippen LogP contribution in [0.4, 0.5) is 13.2 Å². The Morgan fingerprint density at radius 2 is 0.875 bits per heavy atom. The van der Waals surface area contributed by atoms with E-state index in [1.165, 1.54) is 24.3 Å². The molecule has 0 aliphatic carbocycles. The highest BCUT2D eigenvalue weighted by molar-refractivity contribution is 8.33. The number of hydrogen-bond acceptors (Lipinski definition) is 7. The van der Waals surface area contributed by atoms with E-state index in [0.717, 1.165) is 0 Å². The number of halogens is 3. The van der Waals surface area contributed by atoms with Crippen molar-refractivity contribution in [1.29, 1.82) is 0 Å². The van der Waals surface area contributed by atoms with E-state index in [-0.39, 0.29) is 26.2 Å². The average Bonchev–Trinajstić information content (AvgIpc) is 2.86. The molecule has 0 atom stereocenters. The molecule has 3 rings (SSSR count). The Hall–Kier alpha value is -3.09. The van der Waals surface area contributed by atoms with Crippen LogP contribution in [-0.2, 0) is 13.7 Å². The molecule has 0 aromatic heterocycles. The minimum absolute atomic E-state index is 0.122. The van der Waals surface area contributed by atoms with Crippen LogP contribution in [0.15, 0.2) is 75.4 Å². The lowest BCUT2D eigenvalue weighted by molar-refractivity contribution is -0.0496. The van der Waals surface area contributed by atoms with Crippen molar-refractivity contribution in [3.05, 3.63) is 66.2 Å². The highest BCUT2D eigenvalue weighted by atomic mass is 32.3. The molecule has 0 saturated heterocycles. The summed E-state index contributed by atoms with van der Waals surface area (Å²) in [5, 5.41) is 0. The number of rotatable bonds is 9. The van der Waals surface area contributed by atoms with Crippen LogP contribution in [0, 0.1) is 6.92 Å². The van der Waals surface area contributed by atoms with Crippen molar-refractivity contribution in [3.63, 3.8) is 0 Å². The van der Waals surface area contributed by atoms with Gasteiger partial charge in [0.1, 0.15) is 22.4 Å².